The number of nitro benzene ring substituents is 1. The smallest absolute Gasteiger partial charge is 0.319 e. The van der Waals surface area contributed by atoms with Crippen molar-refractivity contribution < 1.29 is 22.1 Å². The molecule has 2 rings (SSSR count). The second-order valence-corrected chi connectivity index (χ2v) is 6.41. The van der Waals surface area contributed by atoms with Gasteiger partial charge in [-0.05, 0) is 19.2 Å². The lowest BCUT2D eigenvalue weighted by Gasteiger charge is -2.10. The number of alkyl halides is 2. The average molecular weight is 361 g/mol. The van der Waals surface area contributed by atoms with Gasteiger partial charge in [0.2, 0.25) is 10.0 Å². The zero-order chi connectivity index (χ0) is 17.9. The van der Waals surface area contributed by atoms with Crippen molar-refractivity contribution >= 4 is 21.4 Å². The highest BCUT2D eigenvalue weighted by atomic mass is 32.2. The lowest BCUT2D eigenvalue weighted by atomic mass is 10.2. The van der Waals surface area contributed by atoms with Gasteiger partial charge in [0.15, 0.2) is 0 Å². The van der Waals surface area contributed by atoms with Crippen LogP contribution in [-0.4, -0.2) is 29.9 Å². The van der Waals surface area contributed by atoms with Crippen molar-refractivity contribution in [2.45, 2.75) is 18.0 Å². The van der Waals surface area contributed by atoms with Gasteiger partial charge in [-0.15, -0.1) is 0 Å². The Labute approximate surface area is 135 Å². The molecule has 12 heteroatoms. The summed E-state index contributed by atoms with van der Waals surface area (Å²) >= 11 is 0. The number of sulfonamides is 1. The van der Waals surface area contributed by atoms with Gasteiger partial charge in [0.1, 0.15) is 11.5 Å². The fraction of sp³-hybridized carbons (Fsp3) is 0.250. The van der Waals surface area contributed by atoms with Gasteiger partial charge in [0, 0.05) is 18.5 Å². The SMILES string of the molecule is CNS(=O)(=O)c1ccc(NCc2nccn2C(F)F)c([N+](=O)[O-])c1. The molecule has 0 saturated carbocycles. The summed E-state index contributed by atoms with van der Waals surface area (Å²) in [6, 6.07) is 3.24. The number of halogens is 2. The average Bonchev–Trinajstić information content (AvgIpc) is 3.01. The van der Waals surface area contributed by atoms with Crippen LogP contribution in [0.5, 0.6) is 0 Å². The van der Waals surface area contributed by atoms with E-state index in [2.05, 4.69) is 15.0 Å². The van der Waals surface area contributed by atoms with Gasteiger partial charge in [-0.3, -0.25) is 14.7 Å². The van der Waals surface area contributed by atoms with E-state index in [1.165, 1.54) is 25.4 Å². The van der Waals surface area contributed by atoms with Gasteiger partial charge < -0.3 is 5.32 Å². The van der Waals surface area contributed by atoms with Crippen LogP contribution in [-0.2, 0) is 16.6 Å². The lowest BCUT2D eigenvalue weighted by molar-refractivity contribution is -0.384. The Morgan fingerprint density at radius 3 is 2.71 bits per heavy atom. The van der Waals surface area contributed by atoms with Gasteiger partial charge in [-0.25, -0.2) is 18.1 Å². The molecule has 0 atom stereocenters. The van der Waals surface area contributed by atoms with Crippen LogP contribution in [0, 0.1) is 10.1 Å². The fourth-order valence-electron chi connectivity index (χ4n) is 1.93. The van der Waals surface area contributed by atoms with Crippen LogP contribution < -0.4 is 10.0 Å². The molecule has 1 aromatic heterocycles. The number of nitrogens with zero attached hydrogens (tertiary/aromatic N) is 3. The number of nitro groups is 1. The molecule has 1 heterocycles. The van der Waals surface area contributed by atoms with E-state index in [0.717, 1.165) is 12.3 Å². The van der Waals surface area contributed by atoms with E-state index in [1.54, 1.807) is 0 Å². The zero-order valence-corrected chi connectivity index (χ0v) is 13.1. The summed E-state index contributed by atoms with van der Waals surface area (Å²) in [5, 5.41) is 13.8. The normalized spacial score (nSPS) is 11.7. The van der Waals surface area contributed by atoms with Crippen LogP contribution in [0.4, 0.5) is 20.2 Å². The molecule has 24 heavy (non-hydrogen) atoms. The molecule has 0 aliphatic rings. The maximum absolute atomic E-state index is 12.7. The first-order chi connectivity index (χ1) is 11.3. The molecule has 0 aliphatic heterocycles. The molecule has 1 aromatic carbocycles. The maximum Gasteiger partial charge on any atom is 0.319 e. The van der Waals surface area contributed by atoms with E-state index in [4.69, 9.17) is 0 Å². The number of benzene rings is 1. The second-order valence-electron chi connectivity index (χ2n) is 4.53. The molecule has 0 bridgehead atoms. The van der Waals surface area contributed by atoms with Crippen molar-refractivity contribution in [2.24, 2.45) is 0 Å². The fourth-order valence-corrected chi connectivity index (χ4v) is 2.68. The highest BCUT2D eigenvalue weighted by Crippen LogP contribution is 2.28. The lowest BCUT2D eigenvalue weighted by Crippen LogP contribution is -2.19. The summed E-state index contributed by atoms with van der Waals surface area (Å²) in [6.07, 6.45) is 2.26. The third-order valence-electron chi connectivity index (χ3n) is 3.14. The van der Waals surface area contributed by atoms with Crippen molar-refractivity contribution in [2.75, 3.05) is 12.4 Å². The molecule has 0 saturated heterocycles. The predicted octanol–water partition coefficient (Wildman–Crippen LogP) is 1.71. The Bertz CT molecular complexity index is 853. The van der Waals surface area contributed by atoms with Crippen LogP contribution in [0.1, 0.15) is 12.4 Å². The molecule has 0 unspecified atom stereocenters. The highest BCUT2D eigenvalue weighted by molar-refractivity contribution is 7.89. The van der Waals surface area contributed by atoms with Gasteiger partial charge >= 0.3 is 6.55 Å². The minimum absolute atomic E-state index is 0.0149. The van der Waals surface area contributed by atoms with Gasteiger partial charge in [0.25, 0.3) is 5.69 Å². The molecule has 0 spiro atoms. The third kappa shape index (κ3) is 3.65. The molecule has 130 valence electrons. The van der Waals surface area contributed by atoms with Crippen LogP contribution in [0.25, 0.3) is 0 Å². The van der Waals surface area contributed by atoms with Gasteiger partial charge in [-0.1, -0.05) is 0 Å². The number of hydrogen-bond acceptors (Lipinski definition) is 6. The third-order valence-corrected chi connectivity index (χ3v) is 4.55. The minimum atomic E-state index is -3.84. The van der Waals surface area contributed by atoms with Gasteiger partial charge in [-0.2, -0.15) is 8.78 Å². The van der Waals surface area contributed by atoms with Crippen molar-refractivity contribution in [1.82, 2.24) is 14.3 Å². The maximum atomic E-state index is 12.7. The first kappa shape index (κ1) is 17.7. The molecular weight excluding hydrogens is 348 g/mol. The van der Waals surface area contributed by atoms with Crippen molar-refractivity contribution in [3.05, 3.63) is 46.5 Å². The summed E-state index contributed by atoms with van der Waals surface area (Å²) in [6.45, 7) is -2.99. The predicted molar refractivity (Wildman–Crippen MR) is 80.1 cm³/mol. The van der Waals surface area contributed by atoms with E-state index >= 15 is 0 Å². The number of nitrogens with one attached hydrogen (secondary N) is 2. The Morgan fingerprint density at radius 1 is 1.42 bits per heavy atom. The number of hydrogen-bond donors (Lipinski definition) is 2. The van der Waals surface area contributed by atoms with Crippen molar-refractivity contribution in [1.29, 1.82) is 0 Å². The summed E-state index contributed by atoms with van der Waals surface area (Å²) in [7, 11) is -2.67. The molecule has 0 aliphatic carbocycles. The Balaban J connectivity index is 2.30. The summed E-state index contributed by atoms with van der Waals surface area (Å²) in [4.78, 5) is 13.8. The first-order valence-corrected chi connectivity index (χ1v) is 8.00. The highest BCUT2D eigenvalue weighted by Gasteiger charge is 2.21. The summed E-state index contributed by atoms with van der Waals surface area (Å²) in [5.41, 5.74) is -0.514. The van der Waals surface area contributed by atoms with E-state index in [-0.39, 0.29) is 23.0 Å². The molecular formula is C12H13F2N5O4S. The first-order valence-electron chi connectivity index (χ1n) is 6.52. The Hall–Kier alpha value is -2.60. The van der Waals surface area contributed by atoms with Crippen molar-refractivity contribution in [3.8, 4) is 0 Å². The van der Waals surface area contributed by atoms with Crippen molar-refractivity contribution in [3.63, 3.8) is 0 Å². The van der Waals surface area contributed by atoms with Crippen LogP contribution in [0.2, 0.25) is 0 Å². The molecule has 0 amide bonds. The quantitative estimate of drug-likeness (QED) is 0.572. The number of anilines is 1. The van der Waals surface area contributed by atoms with Crippen LogP contribution in [0.3, 0.4) is 0 Å². The van der Waals surface area contributed by atoms with E-state index in [0.29, 0.717) is 4.57 Å². The number of rotatable bonds is 7. The van der Waals surface area contributed by atoms with Crippen LogP contribution >= 0.6 is 0 Å². The summed E-state index contributed by atoms with van der Waals surface area (Å²) in [5.74, 6) is -0.0220. The van der Waals surface area contributed by atoms with Gasteiger partial charge in [0.05, 0.1) is 16.4 Å². The Morgan fingerprint density at radius 2 is 2.12 bits per heavy atom. The van der Waals surface area contributed by atoms with E-state index < -0.39 is 27.2 Å². The molecule has 0 radical (unpaired) electrons. The van der Waals surface area contributed by atoms with E-state index in [1.807, 2.05) is 0 Å². The van der Waals surface area contributed by atoms with Crippen LogP contribution in [0.15, 0.2) is 35.5 Å². The van der Waals surface area contributed by atoms with E-state index in [9.17, 15) is 27.3 Å². The number of aromatic nitrogens is 2. The molecule has 0 fully saturated rings. The second kappa shape index (κ2) is 6.88. The topological polar surface area (TPSA) is 119 Å². The minimum Gasteiger partial charge on any atom is -0.372 e. The molecule has 9 nitrogen and oxygen atoms in total. The summed E-state index contributed by atoms with van der Waals surface area (Å²) < 4.78 is 51.5. The standard InChI is InChI=1S/C12H13F2N5O4S/c1-15-24(22,23)8-2-3-9(10(6-8)19(20)21)17-7-11-16-4-5-18(11)12(13)14/h2-6,12,15,17H,7H2,1H3. The Kier molecular flexibility index (Phi) is 5.09. The largest absolute Gasteiger partial charge is 0.372 e. The molecule has 2 aromatic rings. The number of imidazole rings is 1. The molecule has 2 N–H and O–H groups in total. The monoisotopic (exact) mass is 361 g/mol. The zero-order valence-electron chi connectivity index (χ0n) is 12.3.